The number of hydrogen-bond acceptors (Lipinski definition) is 2. The first-order chi connectivity index (χ1) is 5.56. The molecule has 0 N–H and O–H groups in total. The van der Waals surface area contributed by atoms with E-state index in [1.807, 2.05) is 0 Å². The summed E-state index contributed by atoms with van der Waals surface area (Å²) in [6.07, 6.45) is 2.37. The molecule has 1 rings (SSSR count). The van der Waals surface area contributed by atoms with Crippen LogP contribution in [0.15, 0.2) is 5.10 Å². The summed E-state index contributed by atoms with van der Waals surface area (Å²) < 4.78 is 0. The van der Waals surface area contributed by atoms with Crippen LogP contribution >= 0.6 is 0 Å². The predicted octanol–water partition coefficient (Wildman–Crippen LogP) is 2.50. The van der Waals surface area contributed by atoms with E-state index < -0.39 is 0 Å². The van der Waals surface area contributed by atoms with Gasteiger partial charge < -0.3 is 0 Å². The lowest BCUT2D eigenvalue weighted by Crippen LogP contribution is -2.43. The molecule has 2 unspecified atom stereocenters. The minimum atomic E-state index is 0.263. The summed E-state index contributed by atoms with van der Waals surface area (Å²) in [6.45, 7) is 8.94. The van der Waals surface area contributed by atoms with Crippen molar-refractivity contribution in [1.82, 2.24) is 5.01 Å². The lowest BCUT2D eigenvalue weighted by Gasteiger charge is -2.35. The van der Waals surface area contributed by atoms with Gasteiger partial charge in [-0.05, 0) is 26.7 Å². The second-order valence-electron chi connectivity index (χ2n) is 3.94. The monoisotopic (exact) mass is 168 g/mol. The SMILES string of the molecule is CCC1C(C)=NN(C)C1(C)CC. The first-order valence-electron chi connectivity index (χ1n) is 4.85. The molecule has 1 aliphatic heterocycles. The summed E-state index contributed by atoms with van der Waals surface area (Å²) in [4.78, 5) is 0. The van der Waals surface area contributed by atoms with Gasteiger partial charge in [-0.3, -0.25) is 5.01 Å². The van der Waals surface area contributed by atoms with E-state index in [4.69, 9.17) is 0 Å². The predicted molar refractivity (Wildman–Crippen MR) is 53.3 cm³/mol. The van der Waals surface area contributed by atoms with Gasteiger partial charge in [-0.2, -0.15) is 5.10 Å². The number of hydrazone groups is 1. The fourth-order valence-electron chi connectivity index (χ4n) is 2.31. The summed E-state index contributed by atoms with van der Waals surface area (Å²) in [5.74, 6) is 0.646. The summed E-state index contributed by atoms with van der Waals surface area (Å²) in [7, 11) is 2.09. The maximum absolute atomic E-state index is 4.52. The molecule has 0 aromatic rings. The zero-order valence-corrected chi connectivity index (χ0v) is 8.89. The highest BCUT2D eigenvalue weighted by Crippen LogP contribution is 2.36. The van der Waals surface area contributed by atoms with Crippen molar-refractivity contribution in [3.05, 3.63) is 0 Å². The molecule has 0 bridgehead atoms. The van der Waals surface area contributed by atoms with Crippen LogP contribution in [0, 0.1) is 5.92 Å². The normalized spacial score (nSPS) is 35.6. The van der Waals surface area contributed by atoms with Gasteiger partial charge in [0.2, 0.25) is 0 Å². The van der Waals surface area contributed by atoms with Crippen molar-refractivity contribution < 1.29 is 0 Å². The molecule has 0 saturated heterocycles. The van der Waals surface area contributed by atoms with E-state index in [2.05, 4.69) is 44.9 Å². The molecule has 0 radical (unpaired) electrons. The van der Waals surface area contributed by atoms with Crippen molar-refractivity contribution in [2.75, 3.05) is 7.05 Å². The molecule has 70 valence electrons. The molecule has 2 heteroatoms. The van der Waals surface area contributed by atoms with Crippen LogP contribution in [-0.2, 0) is 0 Å². The van der Waals surface area contributed by atoms with E-state index in [9.17, 15) is 0 Å². The third-order valence-corrected chi connectivity index (χ3v) is 3.43. The van der Waals surface area contributed by atoms with Gasteiger partial charge in [0.15, 0.2) is 0 Å². The molecular formula is C10H20N2. The van der Waals surface area contributed by atoms with Crippen LogP contribution in [-0.4, -0.2) is 23.3 Å². The molecule has 0 aromatic heterocycles. The van der Waals surface area contributed by atoms with Crippen LogP contribution in [0.4, 0.5) is 0 Å². The van der Waals surface area contributed by atoms with E-state index >= 15 is 0 Å². The Morgan fingerprint density at radius 3 is 2.42 bits per heavy atom. The topological polar surface area (TPSA) is 15.6 Å². The molecule has 0 amide bonds. The van der Waals surface area contributed by atoms with Gasteiger partial charge in [0.25, 0.3) is 0 Å². The van der Waals surface area contributed by atoms with Crippen molar-refractivity contribution >= 4 is 5.71 Å². The highest BCUT2D eigenvalue weighted by molar-refractivity contribution is 5.86. The average molecular weight is 168 g/mol. The molecule has 0 aliphatic carbocycles. The first-order valence-corrected chi connectivity index (χ1v) is 4.85. The molecule has 1 heterocycles. The van der Waals surface area contributed by atoms with E-state index in [-0.39, 0.29) is 5.54 Å². The third-order valence-electron chi connectivity index (χ3n) is 3.43. The molecule has 12 heavy (non-hydrogen) atoms. The van der Waals surface area contributed by atoms with E-state index in [1.165, 1.54) is 18.6 Å². The molecule has 2 atom stereocenters. The van der Waals surface area contributed by atoms with Gasteiger partial charge in [0.1, 0.15) is 0 Å². The molecule has 0 aromatic carbocycles. The minimum Gasteiger partial charge on any atom is -0.294 e. The molecule has 0 spiro atoms. The van der Waals surface area contributed by atoms with Crippen LogP contribution in [0.5, 0.6) is 0 Å². The fourth-order valence-corrected chi connectivity index (χ4v) is 2.31. The fraction of sp³-hybridized carbons (Fsp3) is 0.900. The van der Waals surface area contributed by atoms with Gasteiger partial charge in [0.05, 0.1) is 5.54 Å². The average Bonchev–Trinajstić information content (AvgIpc) is 2.24. The standard InChI is InChI=1S/C10H20N2/c1-6-9-8(3)11-12(5)10(9,4)7-2/h9H,6-7H2,1-5H3. The summed E-state index contributed by atoms with van der Waals surface area (Å²) in [5.41, 5.74) is 1.56. The van der Waals surface area contributed by atoms with Crippen LogP contribution in [0.2, 0.25) is 0 Å². The Hall–Kier alpha value is -0.530. The molecule has 2 nitrogen and oxygen atoms in total. The van der Waals surface area contributed by atoms with Gasteiger partial charge in [0, 0.05) is 18.7 Å². The quantitative estimate of drug-likeness (QED) is 0.618. The number of hydrogen-bond donors (Lipinski definition) is 0. The lowest BCUT2D eigenvalue weighted by atomic mass is 9.80. The zero-order valence-electron chi connectivity index (χ0n) is 8.89. The number of rotatable bonds is 2. The van der Waals surface area contributed by atoms with E-state index in [0.717, 1.165) is 0 Å². The summed E-state index contributed by atoms with van der Waals surface area (Å²) in [6, 6.07) is 0. The van der Waals surface area contributed by atoms with Crippen molar-refractivity contribution in [3.63, 3.8) is 0 Å². The van der Waals surface area contributed by atoms with Crippen molar-refractivity contribution in [2.24, 2.45) is 11.0 Å². The van der Waals surface area contributed by atoms with Gasteiger partial charge in [-0.15, -0.1) is 0 Å². The van der Waals surface area contributed by atoms with Crippen LogP contribution in [0.25, 0.3) is 0 Å². The molecule has 0 saturated carbocycles. The summed E-state index contributed by atoms with van der Waals surface area (Å²) in [5, 5.41) is 6.65. The Kier molecular flexibility index (Phi) is 2.45. The van der Waals surface area contributed by atoms with Gasteiger partial charge in [-0.1, -0.05) is 13.8 Å². The highest BCUT2D eigenvalue weighted by Gasteiger charge is 2.41. The molecule has 1 aliphatic rings. The van der Waals surface area contributed by atoms with Gasteiger partial charge >= 0.3 is 0 Å². The van der Waals surface area contributed by atoms with Crippen LogP contribution in [0.3, 0.4) is 0 Å². The van der Waals surface area contributed by atoms with E-state index in [1.54, 1.807) is 0 Å². The maximum atomic E-state index is 4.52. The Morgan fingerprint density at radius 1 is 1.50 bits per heavy atom. The lowest BCUT2D eigenvalue weighted by molar-refractivity contribution is 0.124. The Morgan fingerprint density at radius 2 is 2.08 bits per heavy atom. The number of nitrogens with zero attached hydrogens (tertiary/aromatic N) is 2. The largest absolute Gasteiger partial charge is 0.294 e. The van der Waals surface area contributed by atoms with Crippen molar-refractivity contribution in [1.29, 1.82) is 0 Å². The van der Waals surface area contributed by atoms with Crippen LogP contribution in [0.1, 0.15) is 40.5 Å². The summed E-state index contributed by atoms with van der Waals surface area (Å²) >= 11 is 0. The highest BCUT2D eigenvalue weighted by atomic mass is 15.5. The Balaban J connectivity index is 2.90. The first kappa shape index (κ1) is 9.56. The second-order valence-corrected chi connectivity index (χ2v) is 3.94. The maximum Gasteiger partial charge on any atom is 0.0625 e. The second kappa shape index (κ2) is 3.08. The third kappa shape index (κ3) is 1.13. The smallest absolute Gasteiger partial charge is 0.0625 e. The van der Waals surface area contributed by atoms with Crippen molar-refractivity contribution in [2.45, 2.75) is 46.1 Å². The van der Waals surface area contributed by atoms with Crippen molar-refractivity contribution in [3.8, 4) is 0 Å². The minimum absolute atomic E-state index is 0.263. The molecular weight excluding hydrogens is 148 g/mol. The zero-order chi connectivity index (χ0) is 9.35. The van der Waals surface area contributed by atoms with Gasteiger partial charge in [-0.25, -0.2) is 0 Å². The Bertz CT molecular complexity index is 198. The molecule has 0 fully saturated rings. The van der Waals surface area contributed by atoms with E-state index in [0.29, 0.717) is 5.92 Å². The Labute approximate surface area is 75.6 Å². The van der Waals surface area contributed by atoms with Crippen LogP contribution < -0.4 is 0 Å².